The summed E-state index contributed by atoms with van der Waals surface area (Å²) in [6, 6.07) is 27.0. The van der Waals surface area contributed by atoms with Crippen molar-refractivity contribution in [2.45, 2.75) is 17.6 Å². The smallest absolute Gasteiger partial charge is 0.0998 e. The first kappa shape index (κ1) is 15.4. The van der Waals surface area contributed by atoms with Gasteiger partial charge in [0.05, 0.1) is 11.6 Å². The van der Waals surface area contributed by atoms with Gasteiger partial charge in [-0.25, -0.2) is 0 Å². The van der Waals surface area contributed by atoms with E-state index < -0.39 is 0 Å². The average Bonchev–Trinajstić information content (AvgIpc) is 2.61. The standard InChI is InChI=1S/C21H17NS/c1-16-11-12-21(23-15-17-7-3-2-4-8-17)20(13-16)19-10-6-5-9-18(19)14-22/h2-13H,15H2,1H3. The molecule has 0 aromatic heterocycles. The first-order chi connectivity index (χ1) is 11.3. The third-order valence-corrected chi connectivity index (χ3v) is 4.85. The molecule has 0 aliphatic heterocycles. The van der Waals surface area contributed by atoms with E-state index in [0.717, 1.165) is 22.4 Å². The van der Waals surface area contributed by atoms with Crippen LogP contribution in [-0.2, 0) is 5.75 Å². The Balaban J connectivity index is 1.97. The Morgan fingerprint density at radius 1 is 0.870 bits per heavy atom. The number of nitriles is 1. The van der Waals surface area contributed by atoms with E-state index in [4.69, 9.17) is 0 Å². The largest absolute Gasteiger partial charge is 0.192 e. The second-order valence-corrected chi connectivity index (χ2v) is 6.45. The van der Waals surface area contributed by atoms with Crippen LogP contribution in [-0.4, -0.2) is 0 Å². The molecule has 0 fully saturated rings. The second kappa shape index (κ2) is 7.17. The number of hydrogen-bond acceptors (Lipinski definition) is 2. The summed E-state index contributed by atoms with van der Waals surface area (Å²) in [6.45, 7) is 2.09. The first-order valence-electron chi connectivity index (χ1n) is 7.55. The van der Waals surface area contributed by atoms with Gasteiger partial charge in [0.25, 0.3) is 0 Å². The summed E-state index contributed by atoms with van der Waals surface area (Å²) in [5.41, 5.74) is 5.38. The van der Waals surface area contributed by atoms with Crippen LogP contribution in [0.4, 0.5) is 0 Å². The molecule has 0 amide bonds. The van der Waals surface area contributed by atoms with E-state index in [1.807, 2.05) is 42.1 Å². The molecular formula is C21H17NS. The minimum atomic E-state index is 0.722. The van der Waals surface area contributed by atoms with Gasteiger partial charge in [-0.3, -0.25) is 0 Å². The normalized spacial score (nSPS) is 10.3. The second-order valence-electron chi connectivity index (χ2n) is 5.43. The van der Waals surface area contributed by atoms with Crippen LogP contribution in [0.5, 0.6) is 0 Å². The van der Waals surface area contributed by atoms with Gasteiger partial charge in [0.1, 0.15) is 0 Å². The predicted molar refractivity (Wildman–Crippen MR) is 97.3 cm³/mol. The van der Waals surface area contributed by atoms with Crippen molar-refractivity contribution >= 4 is 11.8 Å². The van der Waals surface area contributed by atoms with Gasteiger partial charge in [-0.15, -0.1) is 11.8 Å². The van der Waals surface area contributed by atoms with Crippen LogP contribution in [0.2, 0.25) is 0 Å². The van der Waals surface area contributed by atoms with Crippen LogP contribution in [0, 0.1) is 18.3 Å². The maximum atomic E-state index is 9.39. The molecule has 0 saturated heterocycles. The molecule has 3 rings (SSSR count). The lowest BCUT2D eigenvalue weighted by Gasteiger charge is -2.12. The molecule has 2 heteroatoms. The van der Waals surface area contributed by atoms with Crippen LogP contribution in [0.1, 0.15) is 16.7 Å². The lowest BCUT2D eigenvalue weighted by Crippen LogP contribution is -1.89. The van der Waals surface area contributed by atoms with Crippen LogP contribution in [0.3, 0.4) is 0 Å². The third kappa shape index (κ3) is 3.64. The molecule has 0 bridgehead atoms. The fourth-order valence-electron chi connectivity index (χ4n) is 2.53. The lowest BCUT2D eigenvalue weighted by atomic mass is 9.99. The Kier molecular flexibility index (Phi) is 4.80. The van der Waals surface area contributed by atoms with Crippen LogP contribution in [0.15, 0.2) is 77.7 Å². The van der Waals surface area contributed by atoms with Crippen molar-refractivity contribution in [3.8, 4) is 17.2 Å². The van der Waals surface area contributed by atoms with E-state index >= 15 is 0 Å². The monoisotopic (exact) mass is 315 g/mol. The fourth-order valence-corrected chi connectivity index (χ4v) is 3.53. The topological polar surface area (TPSA) is 23.8 Å². The summed E-state index contributed by atoms with van der Waals surface area (Å²) in [4.78, 5) is 1.21. The van der Waals surface area contributed by atoms with Crippen LogP contribution >= 0.6 is 11.8 Å². The van der Waals surface area contributed by atoms with Crippen molar-refractivity contribution in [1.29, 1.82) is 5.26 Å². The molecule has 3 aromatic rings. The highest BCUT2D eigenvalue weighted by atomic mass is 32.2. The van der Waals surface area contributed by atoms with Gasteiger partial charge in [0.15, 0.2) is 0 Å². The molecule has 0 atom stereocenters. The molecular weight excluding hydrogens is 298 g/mol. The van der Waals surface area contributed by atoms with Gasteiger partial charge in [0, 0.05) is 16.2 Å². The van der Waals surface area contributed by atoms with Gasteiger partial charge in [-0.1, -0.05) is 66.2 Å². The summed E-state index contributed by atoms with van der Waals surface area (Å²) < 4.78 is 0. The van der Waals surface area contributed by atoms with E-state index in [0.29, 0.717) is 0 Å². The minimum Gasteiger partial charge on any atom is -0.192 e. The Hall–Kier alpha value is -2.50. The fraction of sp³-hybridized carbons (Fsp3) is 0.0952. The highest BCUT2D eigenvalue weighted by Crippen LogP contribution is 2.35. The molecule has 3 aromatic carbocycles. The summed E-state index contributed by atoms with van der Waals surface area (Å²) in [5, 5.41) is 9.39. The number of nitrogens with zero attached hydrogens (tertiary/aromatic N) is 1. The first-order valence-corrected chi connectivity index (χ1v) is 8.53. The molecule has 0 radical (unpaired) electrons. The molecule has 0 heterocycles. The maximum Gasteiger partial charge on any atom is 0.0998 e. The Bertz CT molecular complexity index is 847. The molecule has 0 spiro atoms. The zero-order valence-corrected chi connectivity index (χ0v) is 13.8. The highest BCUT2D eigenvalue weighted by molar-refractivity contribution is 7.98. The van der Waals surface area contributed by atoms with Gasteiger partial charge in [-0.05, 0) is 30.2 Å². The lowest BCUT2D eigenvalue weighted by molar-refractivity contribution is 1.34. The van der Waals surface area contributed by atoms with Gasteiger partial charge < -0.3 is 0 Å². The minimum absolute atomic E-state index is 0.722. The van der Waals surface area contributed by atoms with Crippen molar-refractivity contribution in [3.63, 3.8) is 0 Å². The molecule has 0 saturated carbocycles. The Morgan fingerprint density at radius 2 is 1.61 bits per heavy atom. The zero-order valence-electron chi connectivity index (χ0n) is 13.0. The quantitative estimate of drug-likeness (QED) is 0.566. The molecule has 23 heavy (non-hydrogen) atoms. The van der Waals surface area contributed by atoms with Crippen molar-refractivity contribution in [3.05, 3.63) is 89.5 Å². The number of benzene rings is 3. The average molecular weight is 315 g/mol. The molecule has 0 unspecified atom stereocenters. The highest BCUT2D eigenvalue weighted by Gasteiger charge is 2.10. The predicted octanol–water partition coefficient (Wildman–Crippen LogP) is 5.83. The number of rotatable bonds is 4. The summed E-state index contributed by atoms with van der Waals surface area (Å²) in [7, 11) is 0. The molecule has 0 aliphatic carbocycles. The van der Waals surface area contributed by atoms with Crippen molar-refractivity contribution < 1.29 is 0 Å². The Morgan fingerprint density at radius 3 is 2.39 bits per heavy atom. The maximum absolute atomic E-state index is 9.39. The third-order valence-electron chi connectivity index (χ3n) is 3.71. The van der Waals surface area contributed by atoms with Crippen LogP contribution in [0.25, 0.3) is 11.1 Å². The van der Waals surface area contributed by atoms with Gasteiger partial charge in [-0.2, -0.15) is 5.26 Å². The summed E-state index contributed by atoms with van der Waals surface area (Å²) >= 11 is 1.81. The van der Waals surface area contributed by atoms with Crippen LogP contribution < -0.4 is 0 Å². The number of aryl methyl sites for hydroxylation is 1. The van der Waals surface area contributed by atoms with E-state index in [9.17, 15) is 5.26 Å². The van der Waals surface area contributed by atoms with Crippen molar-refractivity contribution in [2.75, 3.05) is 0 Å². The summed E-state index contributed by atoms with van der Waals surface area (Å²) in [6.07, 6.45) is 0. The van der Waals surface area contributed by atoms with Crippen molar-refractivity contribution in [1.82, 2.24) is 0 Å². The number of thioether (sulfide) groups is 1. The zero-order chi connectivity index (χ0) is 16.1. The summed E-state index contributed by atoms with van der Waals surface area (Å²) in [5.74, 6) is 0.922. The molecule has 0 N–H and O–H groups in total. The molecule has 112 valence electrons. The van der Waals surface area contributed by atoms with Gasteiger partial charge >= 0.3 is 0 Å². The van der Waals surface area contributed by atoms with Crippen molar-refractivity contribution in [2.24, 2.45) is 0 Å². The molecule has 0 aliphatic rings. The Labute approximate surface area is 141 Å². The van der Waals surface area contributed by atoms with E-state index in [2.05, 4.69) is 55.5 Å². The van der Waals surface area contributed by atoms with E-state index in [-0.39, 0.29) is 0 Å². The molecule has 1 nitrogen and oxygen atoms in total. The van der Waals surface area contributed by atoms with E-state index in [1.54, 1.807) is 0 Å². The number of hydrogen-bond donors (Lipinski definition) is 0. The van der Waals surface area contributed by atoms with E-state index in [1.165, 1.54) is 16.0 Å². The van der Waals surface area contributed by atoms with Gasteiger partial charge in [0.2, 0.25) is 0 Å². The SMILES string of the molecule is Cc1ccc(SCc2ccccc2)c(-c2ccccc2C#N)c1.